The van der Waals surface area contributed by atoms with Gasteiger partial charge in [0.25, 0.3) is 0 Å². The number of nitrogens with zero attached hydrogens (tertiary/aromatic N) is 1. The number of nitrogens with one attached hydrogen (secondary N) is 2. The second-order valence-electron chi connectivity index (χ2n) is 6.44. The topological polar surface area (TPSA) is 53.6 Å². The van der Waals surface area contributed by atoms with Crippen molar-refractivity contribution < 1.29 is 9.53 Å². The van der Waals surface area contributed by atoms with Crippen LogP contribution >= 0.6 is 0 Å². The molecule has 1 fully saturated rings. The summed E-state index contributed by atoms with van der Waals surface area (Å²) in [5, 5.41) is 5.83. The molecule has 0 saturated carbocycles. The molecule has 2 aromatic rings. The van der Waals surface area contributed by atoms with Gasteiger partial charge in [0.2, 0.25) is 0 Å². The number of hydrogen-bond donors (Lipinski definition) is 2. The van der Waals surface area contributed by atoms with E-state index in [1.54, 1.807) is 7.11 Å². The zero-order valence-corrected chi connectivity index (χ0v) is 14.6. The van der Waals surface area contributed by atoms with E-state index in [1.807, 2.05) is 30.3 Å². The molecule has 132 valence electrons. The summed E-state index contributed by atoms with van der Waals surface area (Å²) >= 11 is 0. The summed E-state index contributed by atoms with van der Waals surface area (Å²) in [5.74, 6) is 1.28. The molecule has 0 aromatic heterocycles. The van der Waals surface area contributed by atoms with Crippen LogP contribution < -0.4 is 15.4 Å². The van der Waals surface area contributed by atoms with Gasteiger partial charge in [0.15, 0.2) is 0 Å². The Morgan fingerprint density at radius 2 is 1.92 bits per heavy atom. The van der Waals surface area contributed by atoms with E-state index < -0.39 is 0 Å². The van der Waals surface area contributed by atoms with Gasteiger partial charge in [-0.2, -0.15) is 0 Å². The largest absolute Gasteiger partial charge is 0.497 e. The molecule has 0 aliphatic carbocycles. The maximum atomic E-state index is 12.0. The van der Waals surface area contributed by atoms with E-state index in [0.717, 1.165) is 37.5 Å². The highest BCUT2D eigenvalue weighted by molar-refractivity contribution is 5.89. The van der Waals surface area contributed by atoms with Crippen LogP contribution in [-0.4, -0.2) is 37.7 Å². The Balaban J connectivity index is 1.39. The summed E-state index contributed by atoms with van der Waals surface area (Å²) in [4.78, 5) is 14.5. The van der Waals surface area contributed by atoms with Gasteiger partial charge >= 0.3 is 6.03 Å². The Kier molecular flexibility index (Phi) is 5.90. The molecule has 2 aromatic carbocycles. The van der Waals surface area contributed by atoms with E-state index in [4.69, 9.17) is 4.74 Å². The molecule has 1 aliphatic rings. The van der Waals surface area contributed by atoms with Crippen molar-refractivity contribution in [1.82, 2.24) is 10.2 Å². The third kappa shape index (κ3) is 5.22. The molecule has 0 bridgehead atoms. The van der Waals surface area contributed by atoms with Gasteiger partial charge in [-0.05, 0) is 48.7 Å². The summed E-state index contributed by atoms with van der Waals surface area (Å²) in [6.45, 7) is 3.79. The van der Waals surface area contributed by atoms with E-state index in [9.17, 15) is 4.79 Å². The number of ether oxygens (including phenoxy) is 1. The maximum absolute atomic E-state index is 12.0. The van der Waals surface area contributed by atoms with Crippen molar-refractivity contribution in [1.29, 1.82) is 0 Å². The van der Waals surface area contributed by atoms with Gasteiger partial charge in [-0.1, -0.05) is 30.3 Å². The van der Waals surface area contributed by atoms with Crippen LogP contribution in [0, 0.1) is 5.92 Å². The minimum atomic E-state index is -0.160. The van der Waals surface area contributed by atoms with Crippen LogP contribution in [0.5, 0.6) is 5.75 Å². The van der Waals surface area contributed by atoms with E-state index in [-0.39, 0.29) is 6.03 Å². The summed E-state index contributed by atoms with van der Waals surface area (Å²) in [5.41, 5.74) is 2.10. The number of anilines is 1. The number of benzene rings is 2. The molecule has 1 atom stereocenters. The minimum Gasteiger partial charge on any atom is -0.497 e. The number of amides is 2. The summed E-state index contributed by atoms with van der Waals surface area (Å²) in [6.07, 6.45) is 1.12. The van der Waals surface area contributed by atoms with Gasteiger partial charge < -0.3 is 15.4 Å². The first-order chi connectivity index (χ1) is 12.2. The molecular formula is C20H25N3O2. The van der Waals surface area contributed by atoms with Crippen LogP contribution in [0.1, 0.15) is 12.0 Å². The van der Waals surface area contributed by atoms with Gasteiger partial charge in [0, 0.05) is 25.3 Å². The number of likely N-dealkylation sites (tertiary alicyclic amines) is 1. The Morgan fingerprint density at radius 1 is 1.16 bits per heavy atom. The molecule has 5 heteroatoms. The summed E-state index contributed by atoms with van der Waals surface area (Å²) < 4.78 is 5.11. The fourth-order valence-corrected chi connectivity index (χ4v) is 3.15. The van der Waals surface area contributed by atoms with Crippen LogP contribution in [0.4, 0.5) is 10.5 Å². The quantitative estimate of drug-likeness (QED) is 0.849. The lowest BCUT2D eigenvalue weighted by atomic mass is 10.1. The van der Waals surface area contributed by atoms with Crippen molar-refractivity contribution in [3.8, 4) is 5.75 Å². The predicted octanol–water partition coefficient (Wildman–Crippen LogP) is 3.34. The highest BCUT2D eigenvalue weighted by atomic mass is 16.5. The Labute approximate surface area is 149 Å². The van der Waals surface area contributed by atoms with Crippen molar-refractivity contribution >= 4 is 11.7 Å². The second-order valence-corrected chi connectivity index (χ2v) is 6.44. The average Bonchev–Trinajstić information content (AvgIpc) is 3.09. The van der Waals surface area contributed by atoms with Crippen molar-refractivity contribution in [2.45, 2.75) is 13.0 Å². The van der Waals surface area contributed by atoms with Crippen LogP contribution in [0.3, 0.4) is 0 Å². The first kappa shape index (κ1) is 17.3. The van der Waals surface area contributed by atoms with E-state index >= 15 is 0 Å². The SMILES string of the molecule is COc1ccc(NC(=O)NC[C@@H]2CCN(Cc3ccccc3)C2)cc1. The molecule has 1 saturated heterocycles. The van der Waals surface area contributed by atoms with Gasteiger partial charge in [-0.25, -0.2) is 4.79 Å². The Hall–Kier alpha value is -2.53. The first-order valence-electron chi connectivity index (χ1n) is 8.68. The fourth-order valence-electron chi connectivity index (χ4n) is 3.15. The molecule has 2 amide bonds. The van der Waals surface area contributed by atoms with Crippen molar-refractivity contribution in [3.63, 3.8) is 0 Å². The zero-order chi connectivity index (χ0) is 17.5. The smallest absolute Gasteiger partial charge is 0.319 e. The fraction of sp³-hybridized carbons (Fsp3) is 0.350. The van der Waals surface area contributed by atoms with Gasteiger partial charge in [0.05, 0.1) is 7.11 Å². The molecule has 0 spiro atoms. The third-order valence-corrected chi connectivity index (χ3v) is 4.52. The van der Waals surface area contributed by atoms with E-state index in [1.165, 1.54) is 5.56 Å². The molecule has 3 rings (SSSR count). The minimum absolute atomic E-state index is 0.160. The number of methoxy groups -OCH3 is 1. The first-order valence-corrected chi connectivity index (χ1v) is 8.68. The Bertz CT molecular complexity index is 673. The molecule has 0 radical (unpaired) electrons. The van der Waals surface area contributed by atoms with Crippen molar-refractivity contribution in [2.24, 2.45) is 5.92 Å². The molecule has 1 heterocycles. The lowest BCUT2D eigenvalue weighted by Crippen LogP contribution is -2.34. The monoisotopic (exact) mass is 339 g/mol. The number of carbonyl (C=O) groups excluding carboxylic acids is 1. The van der Waals surface area contributed by atoms with Crippen molar-refractivity contribution in [3.05, 3.63) is 60.2 Å². The molecular weight excluding hydrogens is 314 g/mol. The Morgan fingerprint density at radius 3 is 2.64 bits per heavy atom. The third-order valence-electron chi connectivity index (χ3n) is 4.52. The zero-order valence-electron chi connectivity index (χ0n) is 14.6. The van der Waals surface area contributed by atoms with Gasteiger partial charge in [-0.15, -0.1) is 0 Å². The number of hydrogen-bond acceptors (Lipinski definition) is 3. The molecule has 25 heavy (non-hydrogen) atoms. The lowest BCUT2D eigenvalue weighted by molar-refractivity contribution is 0.249. The number of carbonyl (C=O) groups is 1. The number of rotatable bonds is 6. The lowest BCUT2D eigenvalue weighted by Gasteiger charge is -2.16. The van der Waals surface area contributed by atoms with Crippen LogP contribution in [-0.2, 0) is 6.54 Å². The summed E-state index contributed by atoms with van der Waals surface area (Å²) in [6, 6.07) is 17.7. The number of urea groups is 1. The van der Waals surface area contributed by atoms with Crippen LogP contribution in [0.25, 0.3) is 0 Å². The highest BCUT2D eigenvalue weighted by Crippen LogP contribution is 2.18. The average molecular weight is 339 g/mol. The van der Waals surface area contributed by atoms with Crippen LogP contribution in [0.2, 0.25) is 0 Å². The van der Waals surface area contributed by atoms with E-state index in [2.05, 4.69) is 39.8 Å². The highest BCUT2D eigenvalue weighted by Gasteiger charge is 2.22. The van der Waals surface area contributed by atoms with Crippen molar-refractivity contribution in [2.75, 3.05) is 32.1 Å². The molecule has 1 aliphatic heterocycles. The normalized spacial score (nSPS) is 17.2. The summed E-state index contributed by atoms with van der Waals surface area (Å²) in [7, 11) is 1.62. The van der Waals surface area contributed by atoms with E-state index in [0.29, 0.717) is 12.5 Å². The standard InChI is InChI=1S/C20H25N3O2/c1-25-19-9-7-18(8-10-19)22-20(24)21-13-17-11-12-23(15-17)14-16-5-3-2-4-6-16/h2-10,17H,11-15H2,1H3,(H2,21,22,24)/t17-/m0/s1. The second kappa shape index (κ2) is 8.53. The van der Waals surface area contributed by atoms with Crippen LogP contribution in [0.15, 0.2) is 54.6 Å². The molecule has 2 N–H and O–H groups in total. The van der Waals surface area contributed by atoms with Gasteiger partial charge in [-0.3, -0.25) is 4.90 Å². The predicted molar refractivity (Wildman–Crippen MR) is 99.8 cm³/mol. The maximum Gasteiger partial charge on any atom is 0.319 e. The molecule has 5 nitrogen and oxygen atoms in total. The van der Waals surface area contributed by atoms with Gasteiger partial charge in [0.1, 0.15) is 5.75 Å². The molecule has 0 unspecified atom stereocenters.